The molecule has 1 rings (SSSR count). The van der Waals surface area contributed by atoms with E-state index in [1.54, 1.807) is 13.0 Å². The van der Waals surface area contributed by atoms with Crippen molar-refractivity contribution < 1.29 is 39.5 Å². The summed E-state index contributed by atoms with van der Waals surface area (Å²) in [5.74, 6) is -1.17. The smallest absolute Gasteiger partial charge is 0.545 e. The van der Waals surface area contributed by atoms with E-state index in [1.165, 1.54) is 3.57 Å². The molecular formula is C12H10INaO2. The molecule has 0 bridgehead atoms. The first kappa shape index (κ1) is 15.9. The molecule has 0 saturated heterocycles. The van der Waals surface area contributed by atoms with E-state index >= 15 is 0 Å². The molecular weight excluding hydrogens is 326 g/mol. The number of carbonyl (C=O) groups is 1. The molecule has 0 aliphatic heterocycles. The molecule has 0 fully saturated rings. The molecule has 0 N–H and O–H groups in total. The second-order valence-corrected chi connectivity index (χ2v) is 4.34. The van der Waals surface area contributed by atoms with Gasteiger partial charge in [0, 0.05) is 3.57 Å². The van der Waals surface area contributed by atoms with Crippen molar-refractivity contribution in [1.29, 1.82) is 0 Å². The van der Waals surface area contributed by atoms with Crippen LogP contribution in [0.1, 0.15) is 12.5 Å². The maximum absolute atomic E-state index is 10.2. The van der Waals surface area contributed by atoms with Crippen molar-refractivity contribution >= 4 is 34.6 Å². The second-order valence-electron chi connectivity index (χ2n) is 3.09. The molecule has 0 amide bonds. The van der Waals surface area contributed by atoms with Crippen LogP contribution in [0.3, 0.4) is 0 Å². The van der Waals surface area contributed by atoms with Crippen molar-refractivity contribution in [2.24, 2.45) is 0 Å². The number of rotatable bonds is 3. The number of carbonyl (C=O) groups excluding carboxylic acids is 1. The molecule has 4 heteroatoms. The summed E-state index contributed by atoms with van der Waals surface area (Å²) in [4.78, 5) is 10.2. The first-order valence-electron chi connectivity index (χ1n) is 4.41. The molecule has 0 aliphatic carbocycles. The van der Waals surface area contributed by atoms with Crippen LogP contribution in [0.4, 0.5) is 0 Å². The number of carboxylic acid groups (broad SMARTS) is 1. The Hall–Kier alpha value is -0.100. The number of allylic oxidation sites excluding steroid dienone is 2. The summed E-state index contributed by atoms with van der Waals surface area (Å²) in [6, 6.07) is 7.95. The summed E-state index contributed by atoms with van der Waals surface area (Å²) < 4.78 is 1.17. The van der Waals surface area contributed by atoms with E-state index in [1.807, 2.05) is 30.3 Å². The Morgan fingerprint density at radius 2 is 1.88 bits per heavy atom. The van der Waals surface area contributed by atoms with E-state index in [-0.39, 0.29) is 29.6 Å². The van der Waals surface area contributed by atoms with Crippen LogP contribution in [0.2, 0.25) is 0 Å². The van der Waals surface area contributed by atoms with Gasteiger partial charge in [-0.1, -0.05) is 24.3 Å². The molecule has 0 heterocycles. The topological polar surface area (TPSA) is 40.1 Å². The molecule has 0 spiro atoms. The van der Waals surface area contributed by atoms with Gasteiger partial charge in [0.25, 0.3) is 0 Å². The molecule has 78 valence electrons. The summed E-state index contributed by atoms with van der Waals surface area (Å²) in [6.45, 7) is 1.72. The van der Waals surface area contributed by atoms with Gasteiger partial charge in [0.05, 0.1) is 5.97 Å². The zero-order chi connectivity index (χ0) is 11.3. The number of benzene rings is 1. The molecule has 16 heavy (non-hydrogen) atoms. The molecule has 0 unspecified atom stereocenters. The van der Waals surface area contributed by atoms with Crippen molar-refractivity contribution in [2.75, 3.05) is 0 Å². The number of hydrogen-bond donors (Lipinski definition) is 0. The maximum Gasteiger partial charge on any atom is 1.00 e. The van der Waals surface area contributed by atoms with Crippen molar-refractivity contribution in [3.8, 4) is 0 Å². The van der Waals surface area contributed by atoms with Gasteiger partial charge in [-0.15, -0.1) is 0 Å². The van der Waals surface area contributed by atoms with Gasteiger partial charge in [0.15, 0.2) is 0 Å². The van der Waals surface area contributed by atoms with E-state index in [4.69, 9.17) is 0 Å². The van der Waals surface area contributed by atoms with E-state index in [2.05, 4.69) is 22.6 Å². The van der Waals surface area contributed by atoms with Crippen molar-refractivity contribution in [1.82, 2.24) is 0 Å². The standard InChI is InChI=1S/C12H11IO2.Na/c1-9(8-12(14)15)2-3-10-4-6-11(13)7-5-10;/h2-8H,1H3,(H,14,15);/q;+1/p-1/b3-2+,9-8+;. The summed E-state index contributed by atoms with van der Waals surface area (Å²) in [5, 5.41) is 10.2. The molecule has 0 saturated carbocycles. The third kappa shape index (κ3) is 6.48. The van der Waals surface area contributed by atoms with Crippen LogP contribution in [0.15, 0.2) is 42.0 Å². The van der Waals surface area contributed by atoms with Crippen molar-refractivity contribution in [3.63, 3.8) is 0 Å². The first-order valence-corrected chi connectivity index (χ1v) is 5.49. The minimum atomic E-state index is -1.17. The quantitative estimate of drug-likeness (QED) is 0.308. The van der Waals surface area contributed by atoms with E-state index in [0.717, 1.165) is 11.6 Å². The fourth-order valence-electron chi connectivity index (χ4n) is 1.04. The zero-order valence-electron chi connectivity index (χ0n) is 9.24. The Kier molecular flexibility index (Phi) is 8.01. The van der Waals surface area contributed by atoms with Crippen molar-refractivity contribution in [3.05, 3.63) is 51.1 Å². The monoisotopic (exact) mass is 336 g/mol. The summed E-state index contributed by atoms with van der Waals surface area (Å²) in [6.07, 6.45) is 4.69. The average molecular weight is 336 g/mol. The molecule has 0 radical (unpaired) electrons. The van der Waals surface area contributed by atoms with Crippen LogP contribution in [0, 0.1) is 3.57 Å². The van der Waals surface area contributed by atoms with Crippen LogP contribution in [0.5, 0.6) is 0 Å². The van der Waals surface area contributed by atoms with Crippen LogP contribution < -0.4 is 34.7 Å². The SMILES string of the molecule is CC(/C=C/c1ccc(I)cc1)=C\C(=O)[O-].[Na+]. The largest absolute Gasteiger partial charge is 1.00 e. The normalized spacial score (nSPS) is 11.2. The summed E-state index contributed by atoms with van der Waals surface area (Å²) in [7, 11) is 0. The van der Waals surface area contributed by atoms with Gasteiger partial charge in [-0.05, 0) is 58.9 Å². The Morgan fingerprint density at radius 1 is 1.31 bits per heavy atom. The van der Waals surface area contributed by atoms with Gasteiger partial charge in [0.2, 0.25) is 0 Å². The third-order valence-electron chi connectivity index (χ3n) is 1.75. The summed E-state index contributed by atoms with van der Waals surface area (Å²) in [5.41, 5.74) is 1.70. The minimum absolute atomic E-state index is 0. The van der Waals surface area contributed by atoms with Gasteiger partial charge in [-0.3, -0.25) is 0 Å². The maximum atomic E-state index is 10.2. The van der Waals surface area contributed by atoms with E-state index < -0.39 is 5.97 Å². The fraction of sp³-hybridized carbons (Fsp3) is 0.0833. The minimum Gasteiger partial charge on any atom is -0.545 e. The van der Waals surface area contributed by atoms with Gasteiger partial charge in [-0.2, -0.15) is 0 Å². The molecule has 0 atom stereocenters. The van der Waals surface area contributed by atoms with Crippen molar-refractivity contribution in [2.45, 2.75) is 6.92 Å². The van der Waals surface area contributed by atoms with Gasteiger partial charge < -0.3 is 9.90 Å². The molecule has 1 aromatic rings. The van der Waals surface area contributed by atoms with Crippen LogP contribution in [-0.4, -0.2) is 5.97 Å². The third-order valence-corrected chi connectivity index (χ3v) is 2.47. The van der Waals surface area contributed by atoms with E-state index in [9.17, 15) is 9.90 Å². The molecule has 2 nitrogen and oxygen atoms in total. The predicted octanol–water partition coefficient (Wildman–Crippen LogP) is -0.995. The zero-order valence-corrected chi connectivity index (χ0v) is 13.4. The van der Waals surface area contributed by atoms with Crippen LogP contribution in [-0.2, 0) is 4.79 Å². The Balaban J connectivity index is 0.00000225. The van der Waals surface area contributed by atoms with E-state index in [0.29, 0.717) is 5.57 Å². The average Bonchev–Trinajstić information content (AvgIpc) is 2.16. The number of carboxylic acids is 1. The van der Waals surface area contributed by atoms with Crippen LogP contribution in [0.25, 0.3) is 6.08 Å². The summed E-state index contributed by atoms with van der Waals surface area (Å²) >= 11 is 2.23. The predicted molar refractivity (Wildman–Crippen MR) is 67.0 cm³/mol. The molecule has 1 aromatic carbocycles. The second kappa shape index (κ2) is 8.06. The van der Waals surface area contributed by atoms with Gasteiger partial charge in [-0.25, -0.2) is 0 Å². The Bertz CT molecular complexity index is 408. The van der Waals surface area contributed by atoms with Gasteiger partial charge >= 0.3 is 29.6 Å². The Morgan fingerprint density at radius 3 is 2.38 bits per heavy atom. The number of hydrogen-bond acceptors (Lipinski definition) is 2. The number of halogens is 1. The Labute approximate surface area is 131 Å². The van der Waals surface area contributed by atoms with Crippen LogP contribution >= 0.6 is 22.6 Å². The molecule has 0 aliphatic rings. The first-order chi connectivity index (χ1) is 7.08. The number of aliphatic carboxylic acids is 1. The molecule has 0 aromatic heterocycles. The fourth-order valence-corrected chi connectivity index (χ4v) is 1.40. The van der Waals surface area contributed by atoms with Gasteiger partial charge in [0.1, 0.15) is 0 Å².